The van der Waals surface area contributed by atoms with Crippen molar-refractivity contribution >= 4 is 18.1 Å². The number of amides is 2. The highest BCUT2D eigenvalue weighted by Crippen LogP contribution is 2.16. The van der Waals surface area contributed by atoms with Gasteiger partial charge in [0.1, 0.15) is 18.1 Å². The lowest BCUT2D eigenvalue weighted by Crippen LogP contribution is -2.45. The SMILES string of the molecule is O=CCCCCCOc1cnn(C2CCC(=O)NC2=O)c(=O)c1. The lowest BCUT2D eigenvalue weighted by atomic mass is 10.1. The Bertz CT molecular complexity index is 640. The Morgan fingerprint density at radius 3 is 2.83 bits per heavy atom. The summed E-state index contributed by atoms with van der Waals surface area (Å²) in [4.78, 5) is 45.1. The molecule has 8 heteroatoms. The summed E-state index contributed by atoms with van der Waals surface area (Å²) in [6, 6.07) is 0.514. The van der Waals surface area contributed by atoms with Crippen molar-refractivity contribution < 1.29 is 19.1 Å². The molecule has 2 heterocycles. The van der Waals surface area contributed by atoms with Crippen molar-refractivity contribution in [3.8, 4) is 5.75 Å². The van der Waals surface area contributed by atoms with Gasteiger partial charge in [-0.25, -0.2) is 4.68 Å². The van der Waals surface area contributed by atoms with Crippen LogP contribution in [0.4, 0.5) is 0 Å². The highest BCUT2D eigenvalue weighted by molar-refractivity contribution is 5.99. The summed E-state index contributed by atoms with van der Waals surface area (Å²) in [6.45, 7) is 0.433. The molecule has 0 bridgehead atoms. The zero-order valence-electron chi connectivity index (χ0n) is 12.7. The van der Waals surface area contributed by atoms with Gasteiger partial charge in [-0.1, -0.05) is 0 Å². The van der Waals surface area contributed by atoms with E-state index in [1.807, 2.05) is 0 Å². The van der Waals surface area contributed by atoms with Gasteiger partial charge in [-0.15, -0.1) is 0 Å². The Morgan fingerprint density at radius 1 is 1.30 bits per heavy atom. The number of unbranched alkanes of at least 4 members (excludes halogenated alkanes) is 3. The van der Waals surface area contributed by atoms with Crippen molar-refractivity contribution in [3.63, 3.8) is 0 Å². The standard InChI is InChI=1S/C15H19N3O5/c19-7-3-1-2-4-8-23-11-9-14(21)18(16-10-11)12-5-6-13(20)17-15(12)22/h7,9-10,12H,1-6,8H2,(H,17,20,22). The lowest BCUT2D eigenvalue weighted by molar-refractivity contribution is -0.136. The average molecular weight is 321 g/mol. The molecule has 2 rings (SSSR count). The van der Waals surface area contributed by atoms with Crippen LogP contribution in [0.5, 0.6) is 5.75 Å². The molecule has 1 atom stereocenters. The van der Waals surface area contributed by atoms with Crippen molar-refractivity contribution in [2.75, 3.05) is 6.61 Å². The second kappa shape index (κ2) is 8.21. The number of carbonyl (C=O) groups is 3. The zero-order chi connectivity index (χ0) is 16.7. The molecule has 0 aromatic carbocycles. The van der Waals surface area contributed by atoms with Crippen molar-refractivity contribution in [2.45, 2.75) is 44.6 Å². The number of nitrogens with zero attached hydrogens (tertiary/aromatic N) is 2. The first kappa shape index (κ1) is 16.9. The molecule has 1 unspecified atom stereocenters. The summed E-state index contributed by atoms with van der Waals surface area (Å²) in [5.74, 6) is -0.512. The Labute approximate surface area is 132 Å². The van der Waals surface area contributed by atoms with Gasteiger partial charge in [0.25, 0.3) is 11.5 Å². The van der Waals surface area contributed by atoms with Gasteiger partial charge in [-0.3, -0.25) is 19.7 Å². The number of aldehydes is 1. The molecule has 1 aromatic rings. The van der Waals surface area contributed by atoms with E-state index in [-0.39, 0.29) is 18.7 Å². The summed E-state index contributed by atoms with van der Waals surface area (Å²) < 4.78 is 6.50. The number of carbonyl (C=O) groups excluding carboxylic acids is 3. The van der Waals surface area contributed by atoms with Crippen LogP contribution in [0, 0.1) is 0 Å². The van der Waals surface area contributed by atoms with Crippen LogP contribution in [-0.2, 0) is 14.4 Å². The summed E-state index contributed by atoms with van der Waals surface area (Å²) >= 11 is 0. The third kappa shape index (κ3) is 4.73. The Kier molecular flexibility index (Phi) is 6.02. The van der Waals surface area contributed by atoms with Crippen molar-refractivity contribution in [2.24, 2.45) is 0 Å². The number of rotatable bonds is 8. The predicted octanol–water partition coefficient (Wildman–Crippen LogP) is 0.359. The maximum Gasteiger partial charge on any atom is 0.271 e. The van der Waals surface area contributed by atoms with Crippen LogP contribution < -0.4 is 15.6 Å². The second-order valence-corrected chi connectivity index (χ2v) is 5.31. The fourth-order valence-electron chi connectivity index (χ4n) is 2.33. The number of ether oxygens (including phenoxy) is 1. The Morgan fingerprint density at radius 2 is 2.13 bits per heavy atom. The third-order valence-corrected chi connectivity index (χ3v) is 3.54. The van der Waals surface area contributed by atoms with E-state index in [4.69, 9.17) is 4.74 Å². The quantitative estimate of drug-likeness (QED) is 0.421. The van der Waals surface area contributed by atoms with Crippen LogP contribution >= 0.6 is 0 Å². The van der Waals surface area contributed by atoms with E-state index in [1.165, 1.54) is 12.3 Å². The largest absolute Gasteiger partial charge is 0.492 e. The first-order chi connectivity index (χ1) is 11.1. The molecule has 1 aliphatic heterocycles. The minimum atomic E-state index is -0.766. The number of hydrogen-bond acceptors (Lipinski definition) is 6. The molecule has 1 aliphatic rings. The zero-order valence-corrected chi connectivity index (χ0v) is 12.7. The monoisotopic (exact) mass is 321 g/mol. The number of nitrogens with one attached hydrogen (secondary N) is 1. The molecule has 0 radical (unpaired) electrons. The highest BCUT2D eigenvalue weighted by atomic mass is 16.5. The van der Waals surface area contributed by atoms with E-state index in [0.717, 1.165) is 30.2 Å². The molecule has 8 nitrogen and oxygen atoms in total. The summed E-state index contributed by atoms with van der Waals surface area (Å²) in [6.07, 6.45) is 5.74. The van der Waals surface area contributed by atoms with Gasteiger partial charge in [0, 0.05) is 18.9 Å². The molecule has 1 saturated heterocycles. The smallest absolute Gasteiger partial charge is 0.271 e. The molecule has 23 heavy (non-hydrogen) atoms. The molecule has 0 aliphatic carbocycles. The van der Waals surface area contributed by atoms with Gasteiger partial charge >= 0.3 is 0 Å². The maximum absolute atomic E-state index is 12.1. The summed E-state index contributed by atoms with van der Waals surface area (Å²) in [5, 5.41) is 6.16. The van der Waals surface area contributed by atoms with Gasteiger partial charge in [0.2, 0.25) is 5.91 Å². The second-order valence-electron chi connectivity index (χ2n) is 5.31. The van der Waals surface area contributed by atoms with Gasteiger partial charge in [-0.2, -0.15) is 5.10 Å². The molecule has 124 valence electrons. The molecule has 0 saturated carbocycles. The van der Waals surface area contributed by atoms with Crippen LogP contribution in [0.2, 0.25) is 0 Å². The first-order valence-electron chi connectivity index (χ1n) is 7.61. The van der Waals surface area contributed by atoms with E-state index in [2.05, 4.69) is 10.4 Å². The van der Waals surface area contributed by atoms with Crippen LogP contribution in [0.3, 0.4) is 0 Å². The first-order valence-corrected chi connectivity index (χ1v) is 7.61. The van der Waals surface area contributed by atoms with Crippen molar-refractivity contribution in [1.82, 2.24) is 15.1 Å². The van der Waals surface area contributed by atoms with Crippen LogP contribution in [0.15, 0.2) is 17.1 Å². The summed E-state index contributed by atoms with van der Waals surface area (Å²) in [7, 11) is 0. The molecule has 2 amide bonds. The number of piperidine rings is 1. The fourth-order valence-corrected chi connectivity index (χ4v) is 2.33. The minimum absolute atomic E-state index is 0.184. The van der Waals surface area contributed by atoms with Gasteiger partial charge in [-0.05, 0) is 25.7 Å². The molecular weight excluding hydrogens is 302 g/mol. The van der Waals surface area contributed by atoms with E-state index < -0.39 is 17.5 Å². The molecule has 1 aromatic heterocycles. The normalized spacial score (nSPS) is 17.7. The fraction of sp³-hybridized carbons (Fsp3) is 0.533. The Balaban J connectivity index is 1.90. The van der Waals surface area contributed by atoms with E-state index in [9.17, 15) is 19.2 Å². The van der Waals surface area contributed by atoms with Gasteiger partial charge in [0.15, 0.2) is 0 Å². The van der Waals surface area contributed by atoms with Gasteiger partial charge in [0.05, 0.1) is 12.8 Å². The van der Waals surface area contributed by atoms with E-state index in [1.54, 1.807) is 0 Å². The maximum atomic E-state index is 12.1. The van der Waals surface area contributed by atoms with E-state index in [0.29, 0.717) is 18.8 Å². The van der Waals surface area contributed by atoms with Gasteiger partial charge < -0.3 is 9.53 Å². The molecule has 1 fully saturated rings. The minimum Gasteiger partial charge on any atom is -0.492 e. The molecular formula is C15H19N3O5. The predicted molar refractivity (Wildman–Crippen MR) is 79.9 cm³/mol. The van der Waals surface area contributed by atoms with Crippen LogP contribution in [-0.4, -0.2) is 34.5 Å². The number of imide groups is 1. The summed E-state index contributed by atoms with van der Waals surface area (Å²) in [5.41, 5.74) is -0.446. The van der Waals surface area contributed by atoms with Crippen molar-refractivity contribution in [3.05, 3.63) is 22.6 Å². The number of hydrogen-bond donors (Lipinski definition) is 1. The van der Waals surface area contributed by atoms with E-state index >= 15 is 0 Å². The Hall–Kier alpha value is -2.51. The topological polar surface area (TPSA) is 107 Å². The highest BCUT2D eigenvalue weighted by Gasteiger charge is 2.29. The van der Waals surface area contributed by atoms with Crippen LogP contribution in [0.25, 0.3) is 0 Å². The van der Waals surface area contributed by atoms with Crippen molar-refractivity contribution in [1.29, 1.82) is 0 Å². The molecule has 0 spiro atoms. The number of aromatic nitrogens is 2. The lowest BCUT2D eigenvalue weighted by Gasteiger charge is -2.21. The molecule has 1 N–H and O–H groups in total. The third-order valence-electron chi connectivity index (χ3n) is 3.54. The average Bonchev–Trinajstić information content (AvgIpc) is 2.52. The van der Waals surface area contributed by atoms with Crippen LogP contribution in [0.1, 0.15) is 44.6 Å².